The topological polar surface area (TPSA) is 90.7 Å². The molecule has 2 aromatic rings. The van der Waals surface area contributed by atoms with E-state index in [0.717, 1.165) is 12.1 Å². The highest BCUT2D eigenvalue weighted by atomic mass is 19.4. The molecule has 2 aromatic heterocycles. The number of carbonyl (C=O) groups excluding carboxylic acids is 1. The van der Waals surface area contributed by atoms with Gasteiger partial charge in [0.15, 0.2) is 0 Å². The van der Waals surface area contributed by atoms with Gasteiger partial charge >= 0.3 is 6.18 Å². The van der Waals surface area contributed by atoms with Crippen LogP contribution in [0.1, 0.15) is 21.6 Å². The second-order valence-corrected chi connectivity index (χ2v) is 4.63. The van der Waals surface area contributed by atoms with Crippen molar-refractivity contribution >= 4 is 11.7 Å². The van der Waals surface area contributed by atoms with E-state index in [0.29, 0.717) is 5.56 Å². The van der Waals surface area contributed by atoms with Crippen molar-refractivity contribution in [2.75, 3.05) is 18.4 Å². The Labute approximate surface area is 135 Å². The SMILES string of the molecule is N#Cc1ccc(C(F)(F)F)nc1NCCNC(=O)c1cccnc1. The van der Waals surface area contributed by atoms with Crippen molar-refractivity contribution in [3.8, 4) is 6.07 Å². The van der Waals surface area contributed by atoms with Gasteiger partial charge in [-0.3, -0.25) is 9.78 Å². The molecule has 2 rings (SSSR count). The van der Waals surface area contributed by atoms with Gasteiger partial charge in [0.25, 0.3) is 5.91 Å². The van der Waals surface area contributed by atoms with Crippen molar-refractivity contribution in [3.05, 3.63) is 53.5 Å². The molecule has 0 spiro atoms. The Balaban J connectivity index is 1.94. The molecule has 2 N–H and O–H groups in total. The lowest BCUT2D eigenvalue weighted by atomic mass is 10.2. The summed E-state index contributed by atoms with van der Waals surface area (Å²) in [5.41, 5.74) is -0.739. The molecule has 9 heteroatoms. The second-order valence-electron chi connectivity index (χ2n) is 4.63. The Hall–Kier alpha value is -3.15. The number of pyridine rings is 2. The van der Waals surface area contributed by atoms with Crippen molar-refractivity contribution in [2.24, 2.45) is 0 Å². The van der Waals surface area contributed by atoms with Crippen LogP contribution in [0.4, 0.5) is 19.0 Å². The van der Waals surface area contributed by atoms with Crippen LogP contribution in [0.3, 0.4) is 0 Å². The van der Waals surface area contributed by atoms with Gasteiger partial charge in [0, 0.05) is 25.5 Å². The fraction of sp³-hybridized carbons (Fsp3) is 0.200. The van der Waals surface area contributed by atoms with E-state index >= 15 is 0 Å². The average molecular weight is 335 g/mol. The third-order valence-corrected chi connectivity index (χ3v) is 2.93. The second kappa shape index (κ2) is 7.41. The van der Waals surface area contributed by atoms with E-state index in [9.17, 15) is 18.0 Å². The van der Waals surface area contributed by atoms with E-state index in [4.69, 9.17) is 5.26 Å². The third kappa shape index (κ3) is 4.42. The molecule has 0 aliphatic carbocycles. The highest BCUT2D eigenvalue weighted by Gasteiger charge is 2.33. The molecular weight excluding hydrogens is 323 g/mol. The van der Waals surface area contributed by atoms with Crippen LogP contribution in [-0.2, 0) is 6.18 Å². The minimum atomic E-state index is -4.60. The first-order chi connectivity index (χ1) is 11.4. The number of nitrogens with one attached hydrogen (secondary N) is 2. The van der Waals surface area contributed by atoms with Gasteiger partial charge in [0.1, 0.15) is 17.6 Å². The number of alkyl halides is 3. The van der Waals surface area contributed by atoms with E-state index in [1.165, 1.54) is 12.4 Å². The Morgan fingerprint density at radius 2 is 2.04 bits per heavy atom. The number of nitrogens with zero attached hydrogens (tertiary/aromatic N) is 3. The number of halogens is 3. The molecule has 0 saturated heterocycles. The van der Waals surface area contributed by atoms with Gasteiger partial charge in [0.05, 0.1) is 11.1 Å². The van der Waals surface area contributed by atoms with Crippen LogP contribution in [0.15, 0.2) is 36.7 Å². The average Bonchev–Trinajstić information content (AvgIpc) is 2.58. The number of nitriles is 1. The lowest BCUT2D eigenvalue weighted by molar-refractivity contribution is -0.141. The normalized spacial score (nSPS) is 10.8. The molecule has 6 nitrogen and oxygen atoms in total. The molecule has 0 radical (unpaired) electrons. The number of anilines is 1. The van der Waals surface area contributed by atoms with Crippen LogP contribution in [-0.4, -0.2) is 29.0 Å². The molecule has 0 bridgehead atoms. The minimum absolute atomic E-state index is 0.0124. The van der Waals surface area contributed by atoms with Gasteiger partial charge in [0.2, 0.25) is 0 Å². The zero-order chi connectivity index (χ0) is 17.6. The molecule has 0 unspecified atom stereocenters. The van der Waals surface area contributed by atoms with Gasteiger partial charge in [-0.25, -0.2) is 4.98 Å². The summed E-state index contributed by atoms with van der Waals surface area (Å²) < 4.78 is 37.9. The number of amides is 1. The van der Waals surface area contributed by atoms with Gasteiger partial charge < -0.3 is 10.6 Å². The van der Waals surface area contributed by atoms with Gasteiger partial charge in [-0.2, -0.15) is 18.4 Å². The Morgan fingerprint density at radius 1 is 1.25 bits per heavy atom. The van der Waals surface area contributed by atoms with Crippen molar-refractivity contribution in [3.63, 3.8) is 0 Å². The maximum absolute atomic E-state index is 12.6. The first-order valence-corrected chi connectivity index (χ1v) is 6.82. The van der Waals surface area contributed by atoms with Crippen LogP contribution in [0.25, 0.3) is 0 Å². The molecular formula is C15H12F3N5O. The fourth-order valence-electron chi connectivity index (χ4n) is 1.80. The summed E-state index contributed by atoms with van der Waals surface area (Å²) in [5.74, 6) is -0.537. The zero-order valence-corrected chi connectivity index (χ0v) is 12.3. The Bertz CT molecular complexity index is 756. The van der Waals surface area contributed by atoms with E-state index in [1.54, 1.807) is 18.2 Å². The number of hydrogen-bond donors (Lipinski definition) is 2. The van der Waals surface area contributed by atoms with Gasteiger partial charge in [-0.05, 0) is 24.3 Å². The van der Waals surface area contributed by atoms with Crippen molar-refractivity contribution in [1.29, 1.82) is 5.26 Å². The standard InChI is InChI=1S/C15H12F3N5O/c16-15(17,18)12-4-3-10(8-19)13(23-12)21-6-7-22-14(24)11-2-1-5-20-9-11/h1-5,9H,6-7H2,(H,21,23)(H,22,24). The molecule has 2 heterocycles. The number of hydrogen-bond acceptors (Lipinski definition) is 5. The summed E-state index contributed by atoms with van der Waals surface area (Å²) in [6.45, 7) is 0.242. The lowest BCUT2D eigenvalue weighted by Crippen LogP contribution is -2.29. The molecule has 124 valence electrons. The van der Waals surface area contributed by atoms with E-state index in [1.807, 2.05) is 0 Å². The highest BCUT2D eigenvalue weighted by molar-refractivity contribution is 5.93. The van der Waals surface area contributed by atoms with Crippen LogP contribution in [0.5, 0.6) is 0 Å². The summed E-state index contributed by atoms with van der Waals surface area (Å²) in [4.78, 5) is 19.0. The predicted molar refractivity (Wildman–Crippen MR) is 79.0 cm³/mol. The largest absolute Gasteiger partial charge is 0.433 e. The van der Waals surface area contributed by atoms with Gasteiger partial charge in [-0.15, -0.1) is 0 Å². The monoisotopic (exact) mass is 335 g/mol. The first-order valence-electron chi connectivity index (χ1n) is 6.82. The zero-order valence-electron chi connectivity index (χ0n) is 12.3. The Morgan fingerprint density at radius 3 is 2.67 bits per heavy atom. The number of rotatable bonds is 5. The Kier molecular flexibility index (Phi) is 5.31. The third-order valence-electron chi connectivity index (χ3n) is 2.93. The van der Waals surface area contributed by atoms with E-state index in [2.05, 4.69) is 20.6 Å². The van der Waals surface area contributed by atoms with Crippen molar-refractivity contribution in [2.45, 2.75) is 6.18 Å². The molecule has 0 aliphatic heterocycles. The number of carbonyl (C=O) groups is 1. The van der Waals surface area contributed by atoms with Crippen LogP contribution >= 0.6 is 0 Å². The maximum atomic E-state index is 12.6. The predicted octanol–water partition coefficient (Wildman–Crippen LogP) is 2.21. The summed E-state index contributed by atoms with van der Waals surface area (Å²) >= 11 is 0. The number of aromatic nitrogens is 2. The maximum Gasteiger partial charge on any atom is 0.433 e. The molecule has 0 atom stereocenters. The van der Waals surface area contributed by atoms with Gasteiger partial charge in [-0.1, -0.05) is 0 Å². The fourth-order valence-corrected chi connectivity index (χ4v) is 1.80. The molecule has 0 aliphatic rings. The van der Waals surface area contributed by atoms with Crippen molar-refractivity contribution < 1.29 is 18.0 Å². The summed E-state index contributed by atoms with van der Waals surface area (Å²) in [6, 6.07) is 6.75. The van der Waals surface area contributed by atoms with Crippen LogP contribution in [0.2, 0.25) is 0 Å². The minimum Gasteiger partial charge on any atom is -0.367 e. The molecule has 0 aromatic carbocycles. The summed E-state index contributed by atoms with van der Waals surface area (Å²) in [5, 5.41) is 14.1. The molecule has 24 heavy (non-hydrogen) atoms. The van der Waals surface area contributed by atoms with E-state index in [-0.39, 0.29) is 30.4 Å². The lowest BCUT2D eigenvalue weighted by Gasteiger charge is -2.11. The molecule has 1 amide bonds. The quantitative estimate of drug-likeness (QED) is 0.818. The highest BCUT2D eigenvalue weighted by Crippen LogP contribution is 2.29. The molecule has 0 saturated carbocycles. The first kappa shape index (κ1) is 17.2. The van der Waals surface area contributed by atoms with Crippen LogP contribution in [0, 0.1) is 11.3 Å². The summed E-state index contributed by atoms with van der Waals surface area (Å²) in [7, 11) is 0. The smallest absolute Gasteiger partial charge is 0.367 e. The van der Waals surface area contributed by atoms with Crippen molar-refractivity contribution in [1.82, 2.24) is 15.3 Å². The summed E-state index contributed by atoms with van der Waals surface area (Å²) in [6.07, 6.45) is -1.68. The van der Waals surface area contributed by atoms with Crippen LogP contribution < -0.4 is 10.6 Å². The molecule has 0 fully saturated rings. The van der Waals surface area contributed by atoms with E-state index < -0.39 is 11.9 Å².